The van der Waals surface area contributed by atoms with E-state index in [4.69, 9.17) is 5.73 Å². The molecule has 0 spiro atoms. The Morgan fingerprint density at radius 2 is 2.07 bits per heavy atom. The lowest BCUT2D eigenvalue weighted by atomic mass is 9.99. The molecule has 15 heavy (non-hydrogen) atoms. The van der Waals surface area contributed by atoms with Crippen LogP contribution in [0.2, 0.25) is 0 Å². The second kappa shape index (κ2) is 4.02. The van der Waals surface area contributed by atoms with Crippen LogP contribution in [0.15, 0.2) is 12.1 Å². The Morgan fingerprint density at radius 3 is 2.60 bits per heavy atom. The summed E-state index contributed by atoms with van der Waals surface area (Å²) in [6, 6.07) is 3.49. The Morgan fingerprint density at radius 1 is 1.33 bits per heavy atom. The summed E-state index contributed by atoms with van der Waals surface area (Å²) in [6.07, 6.45) is 4.26. The Labute approximate surface area is 88.7 Å². The summed E-state index contributed by atoms with van der Waals surface area (Å²) in [4.78, 5) is 0. The molecule has 1 aliphatic carbocycles. The molecule has 0 unspecified atom stereocenters. The number of rotatable bonds is 3. The number of nitrogens with zero attached hydrogens (tertiary/aromatic N) is 2. The van der Waals surface area contributed by atoms with Gasteiger partial charge in [0.2, 0.25) is 0 Å². The van der Waals surface area contributed by atoms with Gasteiger partial charge in [0, 0.05) is 0 Å². The zero-order valence-electron chi connectivity index (χ0n) is 8.61. The highest BCUT2D eigenvalue weighted by Gasteiger charge is 2.33. The lowest BCUT2D eigenvalue weighted by Crippen LogP contribution is -2.39. The third-order valence-electron chi connectivity index (χ3n) is 2.94. The molecule has 1 aromatic heterocycles. The van der Waals surface area contributed by atoms with Crippen molar-refractivity contribution in [2.75, 3.05) is 17.7 Å². The summed E-state index contributed by atoms with van der Waals surface area (Å²) in [5.74, 6) is 1.09. The van der Waals surface area contributed by atoms with Crippen molar-refractivity contribution in [3.63, 3.8) is 0 Å². The van der Waals surface area contributed by atoms with Crippen LogP contribution in [0.1, 0.15) is 25.7 Å². The van der Waals surface area contributed by atoms with Crippen molar-refractivity contribution < 1.29 is 5.11 Å². The van der Waals surface area contributed by atoms with Gasteiger partial charge < -0.3 is 16.2 Å². The lowest BCUT2D eigenvalue weighted by molar-refractivity contribution is 0.213. The number of anilines is 2. The minimum absolute atomic E-state index is 0.138. The second-order valence-corrected chi connectivity index (χ2v) is 4.11. The summed E-state index contributed by atoms with van der Waals surface area (Å²) < 4.78 is 0. The molecule has 0 aromatic carbocycles. The van der Waals surface area contributed by atoms with Gasteiger partial charge >= 0.3 is 0 Å². The predicted molar refractivity (Wildman–Crippen MR) is 58.4 cm³/mol. The van der Waals surface area contributed by atoms with Gasteiger partial charge in [0.15, 0.2) is 0 Å². The molecular weight excluding hydrogens is 192 g/mol. The van der Waals surface area contributed by atoms with E-state index >= 15 is 0 Å². The van der Waals surface area contributed by atoms with E-state index in [0.29, 0.717) is 11.6 Å². The first kappa shape index (κ1) is 10.2. The molecule has 1 fully saturated rings. The number of nitrogens with one attached hydrogen (secondary N) is 1. The van der Waals surface area contributed by atoms with Crippen LogP contribution in [0.5, 0.6) is 0 Å². The Balaban J connectivity index is 2.09. The Kier molecular flexibility index (Phi) is 2.73. The lowest BCUT2D eigenvalue weighted by Gasteiger charge is -2.28. The van der Waals surface area contributed by atoms with E-state index in [1.54, 1.807) is 12.1 Å². The van der Waals surface area contributed by atoms with Crippen molar-refractivity contribution >= 4 is 11.6 Å². The predicted octanol–water partition coefficient (Wildman–Crippen LogP) is 0.776. The second-order valence-electron chi connectivity index (χ2n) is 4.11. The number of nitrogens with two attached hydrogens (primary N) is 1. The van der Waals surface area contributed by atoms with Crippen LogP contribution in [0.4, 0.5) is 11.6 Å². The van der Waals surface area contributed by atoms with E-state index in [0.717, 1.165) is 25.7 Å². The molecule has 1 aromatic rings. The zero-order valence-corrected chi connectivity index (χ0v) is 8.61. The van der Waals surface area contributed by atoms with Crippen molar-refractivity contribution in [1.29, 1.82) is 0 Å². The van der Waals surface area contributed by atoms with Gasteiger partial charge in [-0.3, -0.25) is 0 Å². The average molecular weight is 208 g/mol. The van der Waals surface area contributed by atoms with E-state index in [2.05, 4.69) is 15.5 Å². The Hall–Kier alpha value is -1.36. The topological polar surface area (TPSA) is 84.1 Å². The van der Waals surface area contributed by atoms with Gasteiger partial charge in [0.1, 0.15) is 11.6 Å². The van der Waals surface area contributed by atoms with Crippen molar-refractivity contribution in [2.45, 2.75) is 31.2 Å². The number of hydrogen-bond donors (Lipinski definition) is 3. The summed E-state index contributed by atoms with van der Waals surface area (Å²) >= 11 is 0. The molecule has 5 nitrogen and oxygen atoms in total. The molecule has 1 heterocycles. The van der Waals surface area contributed by atoms with Crippen molar-refractivity contribution in [3.8, 4) is 0 Å². The van der Waals surface area contributed by atoms with Crippen LogP contribution in [0.25, 0.3) is 0 Å². The van der Waals surface area contributed by atoms with Crippen molar-refractivity contribution in [2.24, 2.45) is 0 Å². The van der Waals surface area contributed by atoms with Crippen LogP contribution in [-0.4, -0.2) is 27.4 Å². The SMILES string of the molecule is Nc1ccc(NC2(CO)CCCC2)nn1. The summed E-state index contributed by atoms with van der Waals surface area (Å²) in [7, 11) is 0. The van der Waals surface area contributed by atoms with Gasteiger partial charge in [-0.1, -0.05) is 12.8 Å². The van der Waals surface area contributed by atoms with E-state index in [9.17, 15) is 5.11 Å². The average Bonchev–Trinajstić information content (AvgIpc) is 2.71. The fourth-order valence-corrected chi connectivity index (χ4v) is 2.06. The molecule has 0 saturated heterocycles. The maximum absolute atomic E-state index is 9.40. The molecule has 0 aliphatic heterocycles. The monoisotopic (exact) mass is 208 g/mol. The molecule has 82 valence electrons. The standard InChI is InChI=1S/C10H16N4O/c11-8-3-4-9(14-13-8)12-10(7-15)5-1-2-6-10/h3-4,15H,1-2,5-7H2,(H2,11,13)(H,12,14). The maximum atomic E-state index is 9.40. The molecule has 0 amide bonds. The summed E-state index contributed by atoms with van der Waals surface area (Å²) in [5.41, 5.74) is 5.25. The number of aliphatic hydroxyl groups is 1. The highest BCUT2D eigenvalue weighted by molar-refractivity contribution is 5.41. The third-order valence-corrected chi connectivity index (χ3v) is 2.94. The van der Waals surface area contributed by atoms with Crippen LogP contribution in [0, 0.1) is 0 Å². The highest BCUT2D eigenvalue weighted by atomic mass is 16.3. The van der Waals surface area contributed by atoms with E-state index in [-0.39, 0.29) is 12.1 Å². The van der Waals surface area contributed by atoms with Crippen LogP contribution in [-0.2, 0) is 0 Å². The molecular formula is C10H16N4O. The molecule has 4 N–H and O–H groups in total. The minimum atomic E-state index is -0.204. The van der Waals surface area contributed by atoms with Crippen molar-refractivity contribution in [3.05, 3.63) is 12.1 Å². The first-order chi connectivity index (χ1) is 7.24. The smallest absolute Gasteiger partial charge is 0.149 e. The van der Waals surface area contributed by atoms with E-state index in [1.165, 1.54) is 0 Å². The van der Waals surface area contributed by atoms with Gasteiger partial charge in [0.25, 0.3) is 0 Å². The van der Waals surface area contributed by atoms with Gasteiger partial charge in [-0.25, -0.2) is 0 Å². The van der Waals surface area contributed by atoms with Gasteiger partial charge in [-0.05, 0) is 25.0 Å². The fraction of sp³-hybridized carbons (Fsp3) is 0.600. The maximum Gasteiger partial charge on any atom is 0.149 e. The van der Waals surface area contributed by atoms with E-state index in [1.807, 2.05) is 0 Å². The van der Waals surface area contributed by atoms with Crippen LogP contribution >= 0.6 is 0 Å². The normalized spacial score (nSPS) is 19.0. The molecule has 2 rings (SSSR count). The molecule has 0 radical (unpaired) electrons. The number of nitrogen functional groups attached to an aromatic ring is 1. The molecule has 0 bridgehead atoms. The minimum Gasteiger partial charge on any atom is -0.394 e. The molecule has 5 heteroatoms. The number of aliphatic hydroxyl groups excluding tert-OH is 1. The molecule has 1 aliphatic rings. The van der Waals surface area contributed by atoms with Crippen LogP contribution < -0.4 is 11.1 Å². The van der Waals surface area contributed by atoms with E-state index < -0.39 is 0 Å². The molecule has 1 saturated carbocycles. The first-order valence-corrected chi connectivity index (χ1v) is 5.22. The largest absolute Gasteiger partial charge is 0.394 e. The van der Waals surface area contributed by atoms with Crippen LogP contribution in [0.3, 0.4) is 0 Å². The third kappa shape index (κ3) is 2.18. The highest BCUT2D eigenvalue weighted by Crippen LogP contribution is 2.32. The number of aromatic nitrogens is 2. The van der Waals surface area contributed by atoms with Gasteiger partial charge in [-0.15, -0.1) is 10.2 Å². The quantitative estimate of drug-likeness (QED) is 0.683. The van der Waals surface area contributed by atoms with Gasteiger partial charge in [-0.2, -0.15) is 0 Å². The number of hydrogen-bond acceptors (Lipinski definition) is 5. The Bertz CT molecular complexity index is 319. The first-order valence-electron chi connectivity index (χ1n) is 5.22. The fourth-order valence-electron chi connectivity index (χ4n) is 2.06. The summed E-state index contributed by atoms with van der Waals surface area (Å²) in [6.45, 7) is 0.138. The van der Waals surface area contributed by atoms with Crippen molar-refractivity contribution in [1.82, 2.24) is 10.2 Å². The molecule has 0 atom stereocenters. The summed E-state index contributed by atoms with van der Waals surface area (Å²) in [5, 5.41) is 20.4. The zero-order chi connectivity index (χ0) is 10.7. The van der Waals surface area contributed by atoms with Gasteiger partial charge in [0.05, 0.1) is 12.1 Å².